The van der Waals surface area contributed by atoms with Crippen LogP contribution in [0.25, 0.3) is 0 Å². The van der Waals surface area contributed by atoms with Crippen molar-refractivity contribution in [1.82, 2.24) is 5.32 Å². The van der Waals surface area contributed by atoms with Crippen molar-refractivity contribution in [3.8, 4) is 0 Å². The number of carboxylic acids is 1. The van der Waals surface area contributed by atoms with Crippen LogP contribution in [0.3, 0.4) is 0 Å². The first-order valence-electron chi connectivity index (χ1n) is 5.69. The van der Waals surface area contributed by atoms with Gasteiger partial charge in [0, 0.05) is 12.6 Å². The molecule has 0 saturated heterocycles. The first kappa shape index (κ1) is 13.7. The van der Waals surface area contributed by atoms with Crippen LogP contribution in [0.2, 0.25) is 0 Å². The zero-order valence-corrected chi connectivity index (χ0v) is 10.2. The summed E-state index contributed by atoms with van der Waals surface area (Å²) in [7, 11) is 0. The first-order valence-corrected chi connectivity index (χ1v) is 5.69. The average Bonchev–Trinajstić information content (AvgIpc) is 2.25. The summed E-state index contributed by atoms with van der Waals surface area (Å²) < 4.78 is 0. The number of hydrogen-bond donors (Lipinski definition) is 3. The molecule has 0 radical (unpaired) electrons. The van der Waals surface area contributed by atoms with Crippen LogP contribution in [0.4, 0.5) is 0 Å². The van der Waals surface area contributed by atoms with Gasteiger partial charge >= 0.3 is 5.97 Å². The van der Waals surface area contributed by atoms with Crippen LogP contribution in [0, 0.1) is 6.92 Å². The largest absolute Gasteiger partial charge is 0.481 e. The predicted molar refractivity (Wildman–Crippen MR) is 65.9 cm³/mol. The molecule has 0 aliphatic heterocycles. The van der Waals surface area contributed by atoms with Crippen LogP contribution in [0.15, 0.2) is 24.3 Å². The van der Waals surface area contributed by atoms with Gasteiger partial charge in [-0.2, -0.15) is 0 Å². The number of carbonyl (C=O) groups is 1. The van der Waals surface area contributed by atoms with Gasteiger partial charge in [-0.25, -0.2) is 0 Å². The quantitative estimate of drug-likeness (QED) is 0.701. The van der Waals surface area contributed by atoms with Crippen molar-refractivity contribution < 1.29 is 15.0 Å². The number of aliphatic hydroxyl groups is 1. The Hall–Kier alpha value is -1.39. The van der Waals surface area contributed by atoms with E-state index in [4.69, 9.17) is 5.11 Å². The maximum absolute atomic E-state index is 10.4. The van der Waals surface area contributed by atoms with Gasteiger partial charge < -0.3 is 15.5 Å². The lowest BCUT2D eigenvalue weighted by Gasteiger charge is -2.17. The lowest BCUT2D eigenvalue weighted by Crippen LogP contribution is -2.30. The normalized spacial score (nSPS) is 14.3. The molecule has 0 heterocycles. The van der Waals surface area contributed by atoms with Crippen molar-refractivity contribution in [2.75, 3.05) is 6.54 Å². The zero-order chi connectivity index (χ0) is 12.8. The number of aliphatic carboxylic acids is 1. The summed E-state index contributed by atoms with van der Waals surface area (Å²) in [6.45, 7) is 4.29. The Morgan fingerprint density at radius 3 is 2.76 bits per heavy atom. The molecule has 94 valence electrons. The number of aliphatic hydroxyl groups excluding tert-OH is 1. The van der Waals surface area contributed by atoms with Gasteiger partial charge in [0.15, 0.2) is 0 Å². The molecular weight excluding hydrogens is 218 g/mol. The van der Waals surface area contributed by atoms with E-state index >= 15 is 0 Å². The lowest BCUT2D eigenvalue weighted by molar-refractivity contribution is -0.139. The van der Waals surface area contributed by atoms with E-state index < -0.39 is 12.1 Å². The molecule has 4 heteroatoms. The fourth-order valence-electron chi connectivity index (χ4n) is 1.64. The average molecular weight is 237 g/mol. The van der Waals surface area contributed by atoms with E-state index in [0.717, 1.165) is 5.56 Å². The van der Waals surface area contributed by atoms with E-state index in [9.17, 15) is 9.90 Å². The minimum Gasteiger partial charge on any atom is -0.481 e. The van der Waals surface area contributed by atoms with Crippen molar-refractivity contribution in [2.45, 2.75) is 32.4 Å². The molecule has 0 spiro atoms. The molecule has 17 heavy (non-hydrogen) atoms. The third-order valence-corrected chi connectivity index (χ3v) is 2.61. The van der Waals surface area contributed by atoms with Gasteiger partial charge in [-0.15, -0.1) is 0 Å². The van der Waals surface area contributed by atoms with E-state index in [1.807, 2.05) is 32.0 Å². The topological polar surface area (TPSA) is 69.6 Å². The van der Waals surface area contributed by atoms with E-state index in [-0.39, 0.29) is 19.0 Å². The molecule has 1 aromatic rings. The van der Waals surface area contributed by atoms with Crippen LogP contribution >= 0.6 is 0 Å². The zero-order valence-electron chi connectivity index (χ0n) is 10.2. The molecule has 1 unspecified atom stereocenters. The Kier molecular flexibility index (Phi) is 5.12. The van der Waals surface area contributed by atoms with Gasteiger partial charge in [0.2, 0.25) is 0 Å². The second-order valence-corrected chi connectivity index (χ2v) is 4.30. The number of carboxylic acid groups (broad SMARTS) is 1. The molecule has 1 rings (SSSR count). The van der Waals surface area contributed by atoms with Gasteiger partial charge in [0.05, 0.1) is 12.5 Å². The Labute approximate surface area is 101 Å². The van der Waals surface area contributed by atoms with E-state index in [2.05, 4.69) is 11.4 Å². The molecule has 0 bridgehead atoms. The van der Waals surface area contributed by atoms with Crippen LogP contribution < -0.4 is 5.32 Å². The summed E-state index contributed by atoms with van der Waals surface area (Å²) in [5, 5.41) is 21.1. The predicted octanol–water partition coefficient (Wildman–Crippen LogP) is 1.48. The number of benzene rings is 1. The van der Waals surface area contributed by atoms with Gasteiger partial charge in [0.1, 0.15) is 0 Å². The molecule has 2 atom stereocenters. The van der Waals surface area contributed by atoms with Crippen LogP contribution in [-0.4, -0.2) is 28.8 Å². The molecule has 3 N–H and O–H groups in total. The fraction of sp³-hybridized carbons (Fsp3) is 0.462. The molecule has 0 saturated carbocycles. The Balaban J connectivity index is 2.44. The molecule has 0 aliphatic carbocycles. The highest BCUT2D eigenvalue weighted by atomic mass is 16.4. The highest BCUT2D eigenvalue weighted by Crippen LogP contribution is 2.13. The number of nitrogens with one attached hydrogen (secondary N) is 1. The maximum Gasteiger partial charge on any atom is 0.306 e. The SMILES string of the molecule is Cc1cccc([C@H](C)NCC(O)CC(=O)O)c1. The minimum atomic E-state index is -0.984. The van der Waals surface area contributed by atoms with E-state index in [0.29, 0.717) is 0 Å². The highest BCUT2D eigenvalue weighted by molar-refractivity contribution is 5.67. The molecular formula is C13H19NO3. The highest BCUT2D eigenvalue weighted by Gasteiger charge is 2.11. The molecule has 4 nitrogen and oxygen atoms in total. The van der Waals surface area contributed by atoms with Crippen molar-refractivity contribution in [2.24, 2.45) is 0 Å². The summed E-state index contributed by atoms with van der Waals surface area (Å²) in [4.78, 5) is 10.4. The van der Waals surface area contributed by atoms with Crippen LogP contribution in [0.5, 0.6) is 0 Å². The monoisotopic (exact) mass is 237 g/mol. The smallest absolute Gasteiger partial charge is 0.306 e. The minimum absolute atomic E-state index is 0.0957. The van der Waals surface area contributed by atoms with Gasteiger partial charge in [-0.1, -0.05) is 29.8 Å². The van der Waals surface area contributed by atoms with Crippen molar-refractivity contribution in [1.29, 1.82) is 0 Å². The Morgan fingerprint density at radius 1 is 1.47 bits per heavy atom. The van der Waals surface area contributed by atoms with Crippen molar-refractivity contribution >= 4 is 5.97 Å². The molecule has 1 aromatic carbocycles. The second-order valence-electron chi connectivity index (χ2n) is 4.30. The molecule has 0 fully saturated rings. The summed E-state index contributed by atoms with van der Waals surface area (Å²) in [5.41, 5.74) is 2.31. The summed E-state index contributed by atoms with van der Waals surface area (Å²) in [6.07, 6.45) is -1.08. The van der Waals surface area contributed by atoms with Gasteiger partial charge in [-0.05, 0) is 19.4 Å². The Morgan fingerprint density at radius 2 is 2.18 bits per heavy atom. The van der Waals surface area contributed by atoms with Crippen LogP contribution in [-0.2, 0) is 4.79 Å². The molecule has 0 aliphatic rings. The Bertz CT molecular complexity index is 379. The summed E-state index contributed by atoms with van der Waals surface area (Å²) in [6, 6.07) is 8.18. The third-order valence-electron chi connectivity index (χ3n) is 2.61. The maximum atomic E-state index is 10.4. The third kappa shape index (κ3) is 4.97. The number of aryl methyl sites for hydroxylation is 1. The second kappa shape index (κ2) is 6.37. The summed E-state index contributed by atoms with van der Waals surface area (Å²) >= 11 is 0. The first-order chi connectivity index (χ1) is 7.99. The standard InChI is InChI=1S/C13H19NO3/c1-9-4-3-5-11(6-9)10(2)14-8-12(15)7-13(16)17/h3-6,10,12,14-15H,7-8H2,1-2H3,(H,16,17)/t10-,12?/m0/s1. The summed E-state index contributed by atoms with van der Waals surface area (Å²) in [5.74, 6) is -0.984. The van der Waals surface area contributed by atoms with E-state index in [1.165, 1.54) is 5.56 Å². The van der Waals surface area contributed by atoms with Gasteiger partial charge in [-0.3, -0.25) is 4.79 Å². The number of hydrogen-bond acceptors (Lipinski definition) is 3. The van der Waals surface area contributed by atoms with Crippen molar-refractivity contribution in [3.63, 3.8) is 0 Å². The van der Waals surface area contributed by atoms with E-state index in [1.54, 1.807) is 0 Å². The number of rotatable bonds is 6. The molecule has 0 amide bonds. The molecule has 0 aromatic heterocycles. The lowest BCUT2D eigenvalue weighted by atomic mass is 10.1. The fourth-order valence-corrected chi connectivity index (χ4v) is 1.64. The van der Waals surface area contributed by atoms with Crippen LogP contribution in [0.1, 0.15) is 30.5 Å². The van der Waals surface area contributed by atoms with Crippen molar-refractivity contribution in [3.05, 3.63) is 35.4 Å². The van der Waals surface area contributed by atoms with Gasteiger partial charge in [0.25, 0.3) is 0 Å².